The van der Waals surface area contributed by atoms with E-state index >= 15 is 0 Å². The van der Waals surface area contributed by atoms with E-state index in [1.807, 2.05) is 46.4 Å². The summed E-state index contributed by atoms with van der Waals surface area (Å²) in [7, 11) is 0. The van der Waals surface area contributed by atoms with E-state index in [9.17, 15) is 9.59 Å². The van der Waals surface area contributed by atoms with E-state index in [-0.39, 0.29) is 24.4 Å². The predicted molar refractivity (Wildman–Crippen MR) is 160 cm³/mol. The number of ether oxygens (including phenoxy) is 2. The van der Waals surface area contributed by atoms with Crippen LogP contribution in [0.1, 0.15) is 80.1 Å². The predicted octanol–water partition coefficient (Wildman–Crippen LogP) is 4.67. The second-order valence-electron chi connectivity index (χ2n) is 12.5. The van der Waals surface area contributed by atoms with Crippen LogP contribution in [-0.2, 0) is 9.47 Å². The lowest BCUT2D eigenvalue weighted by Crippen LogP contribution is -2.42. The molecule has 38 heavy (non-hydrogen) atoms. The van der Waals surface area contributed by atoms with E-state index in [4.69, 9.17) is 19.7 Å². The monoisotopic (exact) mass is 655 g/mol. The van der Waals surface area contributed by atoms with Crippen LogP contribution in [0.5, 0.6) is 0 Å². The highest BCUT2D eigenvalue weighted by atomic mass is 127. The molecule has 0 atom stereocenters. The molecule has 3 N–H and O–H groups in total. The molecule has 0 aromatic carbocycles. The Morgan fingerprint density at radius 1 is 0.711 bits per heavy atom. The summed E-state index contributed by atoms with van der Waals surface area (Å²) in [5.41, 5.74) is -0.803. The number of nitrogens with zero attached hydrogens (tertiary/aromatic N) is 2. The minimum atomic E-state index is -0.426. The fraction of sp³-hybridized carbons (Fsp3) is 0.929. The summed E-state index contributed by atoms with van der Waals surface area (Å²) >= 11 is 2.42. The molecule has 0 aromatic heterocycles. The number of nitrogens with one attached hydrogen (secondary N) is 1. The molecule has 0 unspecified atom stereocenters. The van der Waals surface area contributed by atoms with Gasteiger partial charge in [-0.3, -0.25) is 0 Å². The summed E-state index contributed by atoms with van der Waals surface area (Å²) in [6.07, 6.45) is 5.87. The van der Waals surface area contributed by atoms with Crippen LogP contribution in [0.15, 0.2) is 0 Å². The number of aliphatic hydroxyl groups is 2. The van der Waals surface area contributed by atoms with Gasteiger partial charge in [-0.15, -0.1) is 0 Å². The standard InChI is InChI=1S/C11H20INO2.C11H21NO3.C6H13NO/c1-11(2,3)15-10(14)13-6-4-9(8-12)5-7-13;1-11(2,3)15-10(14)12-6-4-9(8-13)5-7-12;8-5-6-1-3-7-4-2-6/h9H,4-8H2,1-3H3;9,13H,4-8H2,1-3H3;6-8H,1-5H2. The molecule has 3 rings (SSSR count). The molecule has 224 valence electrons. The van der Waals surface area contributed by atoms with Crippen LogP contribution in [0.3, 0.4) is 0 Å². The Morgan fingerprint density at radius 3 is 1.34 bits per heavy atom. The molecule has 0 bridgehead atoms. The molecule has 3 fully saturated rings. The number of alkyl halides is 1. The minimum absolute atomic E-state index is 0.158. The molecule has 0 aliphatic carbocycles. The van der Waals surface area contributed by atoms with Crippen molar-refractivity contribution in [2.45, 2.75) is 91.3 Å². The number of amides is 2. The van der Waals surface area contributed by atoms with Crippen LogP contribution in [-0.4, -0.2) is 100 Å². The van der Waals surface area contributed by atoms with Crippen molar-refractivity contribution in [2.75, 3.05) is 56.9 Å². The number of aliphatic hydroxyl groups excluding tert-OH is 2. The number of carbonyl (C=O) groups is 2. The number of piperidine rings is 3. The highest BCUT2D eigenvalue weighted by Gasteiger charge is 2.27. The van der Waals surface area contributed by atoms with Gasteiger partial charge in [-0.2, -0.15) is 0 Å². The Balaban J connectivity index is 0.000000298. The third kappa shape index (κ3) is 15.7. The van der Waals surface area contributed by atoms with Crippen molar-refractivity contribution in [3.8, 4) is 0 Å². The Labute approximate surface area is 244 Å². The zero-order valence-electron chi connectivity index (χ0n) is 24.6. The van der Waals surface area contributed by atoms with Gasteiger partial charge in [-0.1, -0.05) is 22.6 Å². The average Bonchev–Trinajstić information content (AvgIpc) is 2.88. The van der Waals surface area contributed by atoms with Crippen LogP contribution >= 0.6 is 22.6 Å². The van der Waals surface area contributed by atoms with Gasteiger partial charge in [0, 0.05) is 43.8 Å². The minimum Gasteiger partial charge on any atom is -0.444 e. The molecule has 10 heteroatoms. The van der Waals surface area contributed by atoms with Crippen molar-refractivity contribution in [2.24, 2.45) is 17.8 Å². The first-order chi connectivity index (χ1) is 17.8. The van der Waals surface area contributed by atoms with Gasteiger partial charge < -0.3 is 34.8 Å². The maximum absolute atomic E-state index is 11.7. The number of hydrogen-bond acceptors (Lipinski definition) is 7. The summed E-state index contributed by atoms with van der Waals surface area (Å²) < 4.78 is 11.8. The Kier molecular flexibility index (Phi) is 16.4. The largest absolute Gasteiger partial charge is 0.444 e. The number of carbonyl (C=O) groups excluding carboxylic acids is 2. The van der Waals surface area contributed by atoms with E-state index in [2.05, 4.69) is 27.9 Å². The molecule has 3 saturated heterocycles. The first-order valence-corrected chi connectivity index (χ1v) is 15.7. The number of likely N-dealkylation sites (tertiary alicyclic amines) is 2. The van der Waals surface area contributed by atoms with Crippen molar-refractivity contribution >= 4 is 34.8 Å². The summed E-state index contributed by atoms with van der Waals surface area (Å²) in [4.78, 5) is 26.9. The fourth-order valence-electron chi connectivity index (χ4n) is 4.29. The summed E-state index contributed by atoms with van der Waals surface area (Å²) in [5, 5.41) is 20.9. The van der Waals surface area contributed by atoms with Crippen molar-refractivity contribution in [3.63, 3.8) is 0 Å². The SMILES string of the molecule is CC(C)(C)OC(=O)N1CCC(CI)CC1.CC(C)(C)OC(=O)N1CCC(CO)CC1.OCC1CCNCC1. The van der Waals surface area contributed by atoms with Crippen LogP contribution in [0.25, 0.3) is 0 Å². The van der Waals surface area contributed by atoms with Crippen molar-refractivity contribution < 1.29 is 29.3 Å². The molecule has 9 nitrogen and oxygen atoms in total. The Bertz CT molecular complexity index is 612. The lowest BCUT2D eigenvalue weighted by atomic mass is 9.98. The van der Waals surface area contributed by atoms with Gasteiger partial charge in [-0.25, -0.2) is 9.59 Å². The zero-order chi connectivity index (χ0) is 28.8. The lowest BCUT2D eigenvalue weighted by molar-refractivity contribution is 0.0156. The molecule has 3 heterocycles. The van der Waals surface area contributed by atoms with Crippen LogP contribution < -0.4 is 5.32 Å². The highest BCUT2D eigenvalue weighted by molar-refractivity contribution is 14.1. The molecular formula is C28H54IN3O6. The van der Waals surface area contributed by atoms with Gasteiger partial charge in [0.2, 0.25) is 0 Å². The normalized spacial score (nSPS) is 20.0. The molecule has 2 amide bonds. The second-order valence-corrected chi connectivity index (χ2v) is 13.4. The summed E-state index contributed by atoms with van der Waals surface area (Å²) in [6.45, 7) is 17.2. The topological polar surface area (TPSA) is 112 Å². The molecule has 3 aliphatic rings. The van der Waals surface area contributed by atoms with Crippen LogP contribution in [0.2, 0.25) is 0 Å². The maximum Gasteiger partial charge on any atom is 0.410 e. The van der Waals surface area contributed by atoms with Gasteiger partial charge in [0.25, 0.3) is 0 Å². The lowest BCUT2D eigenvalue weighted by Gasteiger charge is -2.32. The Morgan fingerprint density at radius 2 is 1.05 bits per heavy atom. The third-order valence-electron chi connectivity index (χ3n) is 6.73. The van der Waals surface area contributed by atoms with Gasteiger partial charge in [0.1, 0.15) is 11.2 Å². The van der Waals surface area contributed by atoms with Gasteiger partial charge in [0.05, 0.1) is 0 Å². The number of hydrogen-bond donors (Lipinski definition) is 3. The quantitative estimate of drug-likeness (QED) is 0.300. The molecular weight excluding hydrogens is 601 g/mol. The highest BCUT2D eigenvalue weighted by Crippen LogP contribution is 2.21. The van der Waals surface area contributed by atoms with Crippen molar-refractivity contribution in [3.05, 3.63) is 0 Å². The molecule has 0 radical (unpaired) electrons. The molecule has 0 spiro atoms. The van der Waals surface area contributed by atoms with E-state index in [1.165, 1.54) is 4.43 Å². The van der Waals surface area contributed by atoms with E-state index in [0.29, 0.717) is 31.5 Å². The summed E-state index contributed by atoms with van der Waals surface area (Å²) in [5.74, 6) is 1.71. The van der Waals surface area contributed by atoms with Crippen LogP contribution in [0, 0.1) is 17.8 Å². The maximum atomic E-state index is 11.7. The van der Waals surface area contributed by atoms with E-state index in [1.54, 1.807) is 4.90 Å². The van der Waals surface area contributed by atoms with Crippen molar-refractivity contribution in [1.29, 1.82) is 0 Å². The zero-order valence-corrected chi connectivity index (χ0v) is 26.8. The average molecular weight is 656 g/mol. The molecule has 0 aromatic rings. The van der Waals surface area contributed by atoms with E-state index < -0.39 is 5.60 Å². The first-order valence-electron chi connectivity index (χ1n) is 14.2. The third-order valence-corrected chi connectivity index (χ3v) is 7.97. The Hall–Kier alpha value is -0.850. The number of halogens is 1. The summed E-state index contributed by atoms with van der Waals surface area (Å²) in [6, 6.07) is 0. The van der Waals surface area contributed by atoms with Gasteiger partial charge in [0.15, 0.2) is 0 Å². The first kappa shape index (κ1) is 35.2. The second kappa shape index (κ2) is 17.8. The van der Waals surface area contributed by atoms with Gasteiger partial charge >= 0.3 is 12.2 Å². The molecule has 3 aliphatic heterocycles. The smallest absolute Gasteiger partial charge is 0.410 e. The fourth-order valence-corrected chi connectivity index (χ4v) is 5.17. The molecule has 0 saturated carbocycles. The number of rotatable bonds is 3. The van der Waals surface area contributed by atoms with Crippen LogP contribution in [0.4, 0.5) is 9.59 Å². The van der Waals surface area contributed by atoms with Gasteiger partial charge in [-0.05, 0) is 111 Å². The van der Waals surface area contributed by atoms with E-state index in [0.717, 1.165) is 70.6 Å². The van der Waals surface area contributed by atoms with Crippen molar-refractivity contribution in [1.82, 2.24) is 15.1 Å².